The molecule has 0 bridgehead atoms. The zero-order chi connectivity index (χ0) is 21.0. The van der Waals surface area contributed by atoms with Gasteiger partial charge in [-0.25, -0.2) is 0 Å². The molecule has 1 saturated heterocycles. The van der Waals surface area contributed by atoms with Gasteiger partial charge in [0, 0.05) is 18.7 Å². The summed E-state index contributed by atoms with van der Waals surface area (Å²) in [6, 6.07) is 11.1. The molecule has 6 nitrogen and oxygen atoms in total. The molecular formula is C20H19ClF2N2O4. The van der Waals surface area contributed by atoms with Gasteiger partial charge in [0.25, 0.3) is 0 Å². The van der Waals surface area contributed by atoms with Gasteiger partial charge in [0.15, 0.2) is 0 Å². The molecule has 0 radical (unpaired) electrons. The molecule has 2 aromatic rings. The third-order valence-electron chi connectivity index (χ3n) is 4.37. The van der Waals surface area contributed by atoms with Crippen LogP contribution in [-0.4, -0.2) is 31.6 Å². The van der Waals surface area contributed by atoms with Crippen molar-refractivity contribution in [3.8, 4) is 11.5 Å². The van der Waals surface area contributed by atoms with Gasteiger partial charge >= 0.3 is 6.61 Å². The van der Waals surface area contributed by atoms with E-state index < -0.39 is 12.5 Å². The highest BCUT2D eigenvalue weighted by Crippen LogP contribution is 2.34. The van der Waals surface area contributed by atoms with E-state index in [9.17, 15) is 18.4 Å². The number of benzene rings is 2. The van der Waals surface area contributed by atoms with Crippen molar-refractivity contribution in [2.75, 3.05) is 23.4 Å². The monoisotopic (exact) mass is 424 g/mol. The van der Waals surface area contributed by atoms with Crippen LogP contribution in [0.25, 0.3) is 0 Å². The molecule has 1 unspecified atom stereocenters. The van der Waals surface area contributed by atoms with E-state index >= 15 is 0 Å². The number of carbonyl (C=O) groups excluding carboxylic acids is 2. The fourth-order valence-corrected chi connectivity index (χ4v) is 3.31. The normalized spacial score (nSPS) is 16.2. The molecule has 29 heavy (non-hydrogen) atoms. The summed E-state index contributed by atoms with van der Waals surface area (Å²) in [7, 11) is 0. The molecule has 0 spiro atoms. The summed E-state index contributed by atoms with van der Waals surface area (Å²) in [5, 5.41) is 2.60. The fraction of sp³-hybridized carbons (Fsp3) is 0.300. The SMILES string of the molecule is CCOc1ccccc1N1CC(C(=O)Nc2ccc(OC(F)F)c(Cl)c2)CC1=O. The Balaban J connectivity index is 1.69. The summed E-state index contributed by atoms with van der Waals surface area (Å²) >= 11 is 5.90. The first kappa shape index (κ1) is 20.9. The molecule has 2 aromatic carbocycles. The molecule has 154 valence electrons. The van der Waals surface area contributed by atoms with Crippen molar-refractivity contribution in [1.29, 1.82) is 0 Å². The first-order valence-electron chi connectivity index (χ1n) is 8.96. The minimum Gasteiger partial charge on any atom is -0.492 e. The number of anilines is 2. The van der Waals surface area contributed by atoms with E-state index in [-0.39, 0.29) is 35.6 Å². The minimum absolute atomic E-state index is 0.0482. The van der Waals surface area contributed by atoms with E-state index in [2.05, 4.69) is 10.1 Å². The van der Waals surface area contributed by atoms with Crippen LogP contribution in [0.2, 0.25) is 5.02 Å². The Morgan fingerprint density at radius 2 is 2.03 bits per heavy atom. The van der Waals surface area contributed by atoms with E-state index in [1.165, 1.54) is 23.1 Å². The second kappa shape index (κ2) is 9.09. The molecule has 0 aromatic heterocycles. The van der Waals surface area contributed by atoms with E-state index in [1.54, 1.807) is 18.2 Å². The van der Waals surface area contributed by atoms with E-state index in [0.29, 0.717) is 23.7 Å². The molecule has 1 aliphatic rings. The number of halogens is 3. The first-order valence-corrected chi connectivity index (χ1v) is 9.34. The van der Waals surface area contributed by atoms with Crippen LogP contribution in [0, 0.1) is 5.92 Å². The Bertz CT molecular complexity index is 910. The van der Waals surface area contributed by atoms with Crippen molar-refractivity contribution < 1.29 is 27.8 Å². The molecule has 9 heteroatoms. The van der Waals surface area contributed by atoms with E-state index in [0.717, 1.165) is 0 Å². The fourth-order valence-electron chi connectivity index (χ4n) is 3.09. The smallest absolute Gasteiger partial charge is 0.387 e. The largest absolute Gasteiger partial charge is 0.492 e. The third kappa shape index (κ3) is 4.95. The summed E-state index contributed by atoms with van der Waals surface area (Å²) in [6.45, 7) is -0.492. The maximum absolute atomic E-state index is 12.6. The number of amides is 2. The number of alkyl halides is 2. The molecule has 1 N–H and O–H groups in total. The Labute approximate surface area is 171 Å². The highest BCUT2D eigenvalue weighted by molar-refractivity contribution is 6.32. The van der Waals surface area contributed by atoms with Crippen molar-refractivity contribution in [2.45, 2.75) is 20.0 Å². The predicted molar refractivity (Wildman–Crippen MR) is 105 cm³/mol. The molecule has 2 amide bonds. The van der Waals surface area contributed by atoms with Crippen molar-refractivity contribution >= 4 is 34.8 Å². The molecule has 1 fully saturated rings. The Morgan fingerprint density at radius 3 is 2.72 bits per heavy atom. The van der Waals surface area contributed by atoms with Crippen LogP contribution in [0.15, 0.2) is 42.5 Å². The number of hydrogen-bond acceptors (Lipinski definition) is 4. The maximum Gasteiger partial charge on any atom is 0.387 e. The third-order valence-corrected chi connectivity index (χ3v) is 4.66. The lowest BCUT2D eigenvalue weighted by atomic mass is 10.1. The zero-order valence-electron chi connectivity index (χ0n) is 15.5. The molecule has 1 heterocycles. The molecule has 0 aliphatic carbocycles. The van der Waals surface area contributed by atoms with Gasteiger partial charge < -0.3 is 19.7 Å². The van der Waals surface area contributed by atoms with Crippen LogP contribution in [-0.2, 0) is 9.59 Å². The van der Waals surface area contributed by atoms with Gasteiger partial charge in [-0.2, -0.15) is 8.78 Å². The van der Waals surface area contributed by atoms with E-state index in [4.69, 9.17) is 16.3 Å². The summed E-state index contributed by atoms with van der Waals surface area (Å²) < 4.78 is 34.5. The van der Waals surface area contributed by atoms with Crippen molar-refractivity contribution in [1.82, 2.24) is 0 Å². The Morgan fingerprint density at radius 1 is 1.28 bits per heavy atom. The summed E-state index contributed by atoms with van der Waals surface area (Å²) in [5.41, 5.74) is 0.938. The molecule has 0 saturated carbocycles. The lowest BCUT2D eigenvalue weighted by Gasteiger charge is -2.20. The Kier molecular flexibility index (Phi) is 6.53. The van der Waals surface area contributed by atoms with Crippen molar-refractivity contribution in [3.05, 3.63) is 47.5 Å². The van der Waals surface area contributed by atoms with Gasteiger partial charge in [-0.15, -0.1) is 0 Å². The van der Waals surface area contributed by atoms with Gasteiger partial charge in [0.2, 0.25) is 11.8 Å². The number of para-hydroxylation sites is 2. The lowest BCUT2D eigenvalue weighted by molar-refractivity contribution is -0.122. The average molecular weight is 425 g/mol. The number of nitrogens with one attached hydrogen (secondary N) is 1. The number of rotatable bonds is 7. The Hall–Kier alpha value is -2.87. The summed E-state index contributed by atoms with van der Waals surface area (Å²) in [6.07, 6.45) is 0.0482. The number of hydrogen-bond donors (Lipinski definition) is 1. The van der Waals surface area contributed by atoms with Crippen LogP contribution < -0.4 is 19.7 Å². The highest BCUT2D eigenvalue weighted by atomic mass is 35.5. The molecule has 3 rings (SSSR count). The molecule has 1 atom stereocenters. The van der Waals surface area contributed by atoms with Gasteiger partial charge in [-0.3, -0.25) is 9.59 Å². The second-order valence-electron chi connectivity index (χ2n) is 6.32. The van der Waals surface area contributed by atoms with Gasteiger partial charge in [-0.1, -0.05) is 23.7 Å². The highest BCUT2D eigenvalue weighted by Gasteiger charge is 2.36. The summed E-state index contributed by atoms with van der Waals surface area (Å²) in [4.78, 5) is 26.6. The average Bonchev–Trinajstić information content (AvgIpc) is 3.06. The maximum atomic E-state index is 12.6. The van der Waals surface area contributed by atoms with Gasteiger partial charge in [0.05, 0.1) is 23.2 Å². The first-order chi connectivity index (χ1) is 13.9. The van der Waals surface area contributed by atoms with Crippen molar-refractivity contribution in [3.63, 3.8) is 0 Å². The number of nitrogens with zero attached hydrogens (tertiary/aromatic N) is 1. The lowest BCUT2D eigenvalue weighted by Crippen LogP contribution is -2.28. The second-order valence-corrected chi connectivity index (χ2v) is 6.73. The molecule has 1 aliphatic heterocycles. The minimum atomic E-state index is -3.00. The van der Waals surface area contributed by atoms with Gasteiger partial charge in [0.1, 0.15) is 11.5 Å². The van der Waals surface area contributed by atoms with Gasteiger partial charge in [-0.05, 0) is 37.3 Å². The van der Waals surface area contributed by atoms with Crippen LogP contribution in [0.5, 0.6) is 11.5 Å². The van der Waals surface area contributed by atoms with Crippen LogP contribution in [0.4, 0.5) is 20.2 Å². The van der Waals surface area contributed by atoms with Crippen LogP contribution in [0.1, 0.15) is 13.3 Å². The number of carbonyl (C=O) groups is 2. The molecular weight excluding hydrogens is 406 g/mol. The number of ether oxygens (including phenoxy) is 2. The topological polar surface area (TPSA) is 67.9 Å². The zero-order valence-corrected chi connectivity index (χ0v) is 16.3. The summed E-state index contributed by atoms with van der Waals surface area (Å²) in [5.74, 6) is -0.738. The van der Waals surface area contributed by atoms with Crippen molar-refractivity contribution in [2.24, 2.45) is 5.92 Å². The predicted octanol–water partition coefficient (Wildman–Crippen LogP) is 4.33. The van der Waals surface area contributed by atoms with Crippen LogP contribution in [0.3, 0.4) is 0 Å². The quantitative estimate of drug-likeness (QED) is 0.718. The van der Waals surface area contributed by atoms with E-state index in [1.807, 2.05) is 13.0 Å². The van der Waals surface area contributed by atoms with Crippen LogP contribution >= 0.6 is 11.6 Å². The standard InChI is InChI=1S/C20H19ClF2N2O4/c1-2-28-17-6-4-3-5-15(17)25-11-12(9-18(25)26)19(27)24-13-7-8-16(14(21)10-13)29-20(22)23/h3-8,10,12,20H,2,9,11H2,1H3,(H,24,27).